The zero-order valence-corrected chi connectivity index (χ0v) is 18.1. The maximum atomic E-state index is 4.45. The van der Waals surface area contributed by atoms with E-state index in [1.807, 2.05) is 30.2 Å². The van der Waals surface area contributed by atoms with Gasteiger partial charge in [0.2, 0.25) is 0 Å². The van der Waals surface area contributed by atoms with Crippen LogP contribution in [0.2, 0.25) is 0 Å². The highest BCUT2D eigenvalue weighted by Gasteiger charge is 2.05. The van der Waals surface area contributed by atoms with Crippen molar-refractivity contribution < 1.29 is 0 Å². The number of halogens is 1. The van der Waals surface area contributed by atoms with Crippen LogP contribution in [0.4, 0.5) is 0 Å². The first-order chi connectivity index (χ1) is 11.8. The first-order valence-electron chi connectivity index (χ1n) is 8.31. The lowest BCUT2D eigenvalue weighted by Crippen LogP contribution is -2.37. The summed E-state index contributed by atoms with van der Waals surface area (Å²) in [4.78, 5) is 8.73. The number of aromatic nitrogens is 2. The molecule has 2 rings (SSSR count). The van der Waals surface area contributed by atoms with Crippen LogP contribution in [0.5, 0.6) is 0 Å². The van der Waals surface area contributed by atoms with Crippen LogP contribution in [-0.4, -0.2) is 41.1 Å². The van der Waals surface area contributed by atoms with Crippen molar-refractivity contribution in [1.82, 2.24) is 20.2 Å². The van der Waals surface area contributed by atoms with Crippen LogP contribution in [0.15, 0.2) is 47.7 Å². The number of unbranched alkanes of at least 4 members (excludes halogenated alkanes) is 1. The van der Waals surface area contributed by atoms with Gasteiger partial charge in [0.05, 0.1) is 6.54 Å². The number of nitrogens with one attached hydrogen (secondary N) is 2. The van der Waals surface area contributed by atoms with Crippen molar-refractivity contribution in [1.29, 1.82) is 0 Å². The molecule has 0 aliphatic rings. The second kappa shape index (κ2) is 13.0. The molecule has 0 radical (unpaired) electrons. The number of guanidine groups is 1. The molecule has 2 aromatic rings. The van der Waals surface area contributed by atoms with Crippen LogP contribution in [0, 0.1) is 0 Å². The number of benzene rings is 1. The van der Waals surface area contributed by atoms with Crippen molar-refractivity contribution in [3.8, 4) is 0 Å². The SMILES string of the molecule is CN=C(NCCCCSC)NCc1nccn1Cc1ccccc1.I. The van der Waals surface area contributed by atoms with Crippen LogP contribution in [0.25, 0.3) is 0 Å². The second-order valence-electron chi connectivity index (χ2n) is 5.51. The summed E-state index contributed by atoms with van der Waals surface area (Å²) in [6, 6.07) is 10.4. The quantitative estimate of drug-likeness (QED) is 0.254. The minimum Gasteiger partial charge on any atom is -0.356 e. The summed E-state index contributed by atoms with van der Waals surface area (Å²) in [5, 5.41) is 6.69. The molecule has 1 aromatic heterocycles. The van der Waals surface area contributed by atoms with Crippen molar-refractivity contribution in [2.45, 2.75) is 25.9 Å². The molecule has 0 aliphatic heterocycles. The molecule has 0 bridgehead atoms. The number of imidazole rings is 1. The van der Waals surface area contributed by atoms with Crippen LogP contribution in [0.3, 0.4) is 0 Å². The number of thioether (sulfide) groups is 1. The molecule has 0 saturated heterocycles. The largest absolute Gasteiger partial charge is 0.356 e. The van der Waals surface area contributed by atoms with Crippen molar-refractivity contribution in [2.75, 3.05) is 25.6 Å². The maximum Gasteiger partial charge on any atom is 0.191 e. The fraction of sp³-hybridized carbons (Fsp3) is 0.444. The first kappa shape index (κ1) is 21.8. The number of hydrogen-bond acceptors (Lipinski definition) is 3. The molecule has 7 heteroatoms. The summed E-state index contributed by atoms with van der Waals surface area (Å²) in [7, 11) is 1.80. The smallest absolute Gasteiger partial charge is 0.191 e. The first-order valence-corrected chi connectivity index (χ1v) is 9.70. The van der Waals surface area contributed by atoms with Gasteiger partial charge in [-0.2, -0.15) is 11.8 Å². The average molecular weight is 473 g/mol. The van der Waals surface area contributed by atoms with Gasteiger partial charge in [-0.1, -0.05) is 30.3 Å². The third kappa shape index (κ3) is 8.13. The molecule has 5 nitrogen and oxygen atoms in total. The van der Waals surface area contributed by atoms with Gasteiger partial charge >= 0.3 is 0 Å². The van der Waals surface area contributed by atoms with Gasteiger partial charge in [-0.05, 0) is 30.4 Å². The summed E-state index contributed by atoms with van der Waals surface area (Å²) >= 11 is 1.89. The summed E-state index contributed by atoms with van der Waals surface area (Å²) in [6.45, 7) is 2.43. The highest BCUT2D eigenvalue weighted by atomic mass is 127. The van der Waals surface area contributed by atoms with Crippen molar-refractivity contribution in [3.63, 3.8) is 0 Å². The fourth-order valence-corrected chi connectivity index (χ4v) is 2.89. The van der Waals surface area contributed by atoms with Crippen LogP contribution in [-0.2, 0) is 13.1 Å². The van der Waals surface area contributed by atoms with Gasteiger partial charge in [-0.25, -0.2) is 4.98 Å². The maximum absolute atomic E-state index is 4.45. The number of hydrogen-bond donors (Lipinski definition) is 2. The van der Waals surface area contributed by atoms with Gasteiger partial charge in [-0.15, -0.1) is 24.0 Å². The van der Waals surface area contributed by atoms with Gasteiger partial charge in [0.25, 0.3) is 0 Å². The zero-order chi connectivity index (χ0) is 17.0. The Morgan fingerprint density at radius 2 is 2.00 bits per heavy atom. The standard InChI is InChI=1S/C18H27N5S.HI/c1-19-18(21-10-6-7-13-24-2)22-14-17-20-11-12-23(17)15-16-8-4-3-5-9-16;/h3-5,8-9,11-12H,6-7,10,13-15H2,1-2H3,(H2,19,21,22);1H. The van der Waals surface area contributed by atoms with Gasteiger partial charge in [0, 0.05) is 32.5 Å². The predicted molar refractivity (Wildman–Crippen MR) is 119 cm³/mol. The predicted octanol–water partition coefficient (Wildman–Crippen LogP) is 3.36. The Kier molecular flexibility index (Phi) is 11.4. The lowest BCUT2D eigenvalue weighted by molar-refractivity contribution is 0.680. The van der Waals surface area contributed by atoms with Crippen molar-refractivity contribution in [3.05, 3.63) is 54.1 Å². The van der Waals surface area contributed by atoms with E-state index in [1.54, 1.807) is 7.05 Å². The minimum absolute atomic E-state index is 0. The molecule has 0 unspecified atom stereocenters. The Labute approximate surface area is 172 Å². The highest BCUT2D eigenvalue weighted by Crippen LogP contribution is 2.05. The molecule has 138 valence electrons. The van der Waals surface area contributed by atoms with Crippen LogP contribution in [0.1, 0.15) is 24.2 Å². The number of aliphatic imine (C=N–C) groups is 1. The minimum atomic E-state index is 0. The Morgan fingerprint density at radius 1 is 1.20 bits per heavy atom. The molecular formula is C18H28IN5S. The average Bonchev–Trinajstić information content (AvgIpc) is 3.05. The Hall–Kier alpha value is -1.22. The molecule has 0 amide bonds. The van der Waals surface area contributed by atoms with E-state index in [4.69, 9.17) is 0 Å². The summed E-state index contributed by atoms with van der Waals surface area (Å²) in [5.74, 6) is 3.04. The van der Waals surface area contributed by atoms with E-state index in [9.17, 15) is 0 Å². The van der Waals surface area contributed by atoms with Gasteiger partial charge in [0.1, 0.15) is 5.82 Å². The summed E-state index contributed by atoms with van der Waals surface area (Å²) < 4.78 is 2.16. The number of rotatable bonds is 9. The Morgan fingerprint density at radius 3 is 2.72 bits per heavy atom. The van der Waals surface area contributed by atoms with Crippen LogP contribution < -0.4 is 10.6 Å². The van der Waals surface area contributed by atoms with E-state index in [0.29, 0.717) is 6.54 Å². The summed E-state index contributed by atoms with van der Waals surface area (Å²) in [6.07, 6.45) is 8.39. The van der Waals surface area contributed by atoms with Gasteiger partial charge in [0.15, 0.2) is 5.96 Å². The van der Waals surface area contributed by atoms with E-state index in [2.05, 4.69) is 55.7 Å². The normalized spacial score (nSPS) is 11.0. The van der Waals surface area contributed by atoms with Crippen molar-refractivity contribution in [2.24, 2.45) is 4.99 Å². The highest BCUT2D eigenvalue weighted by molar-refractivity contribution is 14.0. The third-order valence-corrected chi connectivity index (χ3v) is 4.40. The zero-order valence-electron chi connectivity index (χ0n) is 14.9. The molecular weight excluding hydrogens is 445 g/mol. The van der Waals surface area contributed by atoms with Gasteiger partial charge < -0.3 is 15.2 Å². The molecule has 0 spiro atoms. The lowest BCUT2D eigenvalue weighted by atomic mass is 10.2. The molecule has 0 fully saturated rings. The van der Waals surface area contributed by atoms with Crippen LogP contribution >= 0.6 is 35.7 Å². The van der Waals surface area contributed by atoms with E-state index in [0.717, 1.165) is 31.3 Å². The molecule has 25 heavy (non-hydrogen) atoms. The topological polar surface area (TPSA) is 54.2 Å². The lowest BCUT2D eigenvalue weighted by Gasteiger charge is -2.13. The molecule has 1 aromatic carbocycles. The third-order valence-electron chi connectivity index (χ3n) is 3.70. The van der Waals surface area contributed by atoms with Crippen molar-refractivity contribution >= 4 is 41.7 Å². The molecule has 0 saturated carbocycles. The van der Waals surface area contributed by atoms with Gasteiger partial charge in [-0.3, -0.25) is 4.99 Å². The molecule has 2 N–H and O–H groups in total. The van der Waals surface area contributed by atoms with E-state index < -0.39 is 0 Å². The van der Waals surface area contributed by atoms with E-state index in [-0.39, 0.29) is 24.0 Å². The molecule has 1 heterocycles. The fourth-order valence-electron chi connectivity index (χ4n) is 2.39. The Balaban J connectivity index is 0.00000312. The number of nitrogens with zero attached hydrogens (tertiary/aromatic N) is 3. The van der Waals surface area contributed by atoms with E-state index in [1.165, 1.54) is 17.7 Å². The Bertz CT molecular complexity index is 615. The molecule has 0 atom stereocenters. The summed E-state index contributed by atoms with van der Waals surface area (Å²) in [5.41, 5.74) is 1.27. The van der Waals surface area contributed by atoms with E-state index >= 15 is 0 Å². The monoisotopic (exact) mass is 473 g/mol. The second-order valence-corrected chi connectivity index (χ2v) is 6.50. The molecule has 0 aliphatic carbocycles.